The van der Waals surface area contributed by atoms with Crippen molar-refractivity contribution in [2.75, 3.05) is 31.1 Å². The van der Waals surface area contributed by atoms with Crippen LogP contribution in [0.25, 0.3) is 0 Å². The number of hydrogen-bond acceptors (Lipinski definition) is 5. The molecule has 0 spiro atoms. The number of hydrogen-bond donors (Lipinski definition) is 1. The Morgan fingerprint density at radius 1 is 1.53 bits per heavy atom. The van der Waals surface area contributed by atoms with Gasteiger partial charge in [0.05, 0.1) is 12.8 Å². The van der Waals surface area contributed by atoms with Crippen molar-refractivity contribution in [3.63, 3.8) is 0 Å². The fraction of sp³-hybridized carbons (Fsp3) is 0.455. The summed E-state index contributed by atoms with van der Waals surface area (Å²) in [5, 5.41) is 7.89. The molecule has 17 heavy (non-hydrogen) atoms. The Hall–Kier alpha value is -0.850. The van der Waals surface area contributed by atoms with Crippen LogP contribution in [0.4, 0.5) is 0 Å². The molecule has 0 unspecified atom stereocenters. The van der Waals surface area contributed by atoms with E-state index in [1.165, 1.54) is 0 Å². The van der Waals surface area contributed by atoms with Crippen LogP contribution < -0.4 is 5.43 Å². The first-order valence-electron chi connectivity index (χ1n) is 5.49. The van der Waals surface area contributed by atoms with Crippen LogP contribution in [0.1, 0.15) is 5.56 Å². The number of nitrogens with one attached hydrogen (secondary N) is 1. The van der Waals surface area contributed by atoms with Gasteiger partial charge in [-0.25, -0.2) is 5.43 Å². The Labute approximate surface area is 109 Å². The number of carbonyl (C=O) groups excluding carboxylic acids is 1. The highest BCUT2D eigenvalue weighted by atomic mass is 32.2. The van der Waals surface area contributed by atoms with Crippen molar-refractivity contribution in [1.29, 1.82) is 0 Å². The molecule has 0 aliphatic carbocycles. The monoisotopic (exact) mass is 269 g/mol. The molecular formula is C11H15N3OS2. The predicted octanol–water partition coefficient (Wildman–Crippen LogP) is 1.25. The van der Waals surface area contributed by atoms with E-state index in [2.05, 4.69) is 15.4 Å². The van der Waals surface area contributed by atoms with Gasteiger partial charge in [-0.3, -0.25) is 9.69 Å². The van der Waals surface area contributed by atoms with Crippen LogP contribution in [0, 0.1) is 0 Å². The maximum atomic E-state index is 11.6. The molecule has 4 nitrogen and oxygen atoms in total. The number of thioether (sulfide) groups is 1. The number of rotatable bonds is 4. The Kier molecular flexibility index (Phi) is 5.03. The van der Waals surface area contributed by atoms with Gasteiger partial charge in [-0.1, -0.05) is 0 Å². The molecule has 0 radical (unpaired) electrons. The number of nitrogens with zero attached hydrogens (tertiary/aromatic N) is 2. The Morgan fingerprint density at radius 3 is 3.06 bits per heavy atom. The third-order valence-corrected chi connectivity index (χ3v) is 4.06. The molecule has 1 aliphatic rings. The van der Waals surface area contributed by atoms with Crippen LogP contribution in [0.3, 0.4) is 0 Å². The van der Waals surface area contributed by atoms with Gasteiger partial charge in [0.2, 0.25) is 0 Å². The lowest BCUT2D eigenvalue weighted by Gasteiger charge is -2.24. The van der Waals surface area contributed by atoms with Gasteiger partial charge >= 0.3 is 0 Å². The summed E-state index contributed by atoms with van der Waals surface area (Å²) in [5.74, 6) is 2.19. The van der Waals surface area contributed by atoms with E-state index in [0.29, 0.717) is 6.54 Å². The van der Waals surface area contributed by atoms with Gasteiger partial charge < -0.3 is 0 Å². The summed E-state index contributed by atoms with van der Waals surface area (Å²) < 4.78 is 0. The molecular weight excluding hydrogens is 254 g/mol. The zero-order chi connectivity index (χ0) is 11.9. The van der Waals surface area contributed by atoms with Crippen molar-refractivity contribution in [2.24, 2.45) is 5.10 Å². The van der Waals surface area contributed by atoms with E-state index in [9.17, 15) is 4.79 Å². The molecule has 0 atom stereocenters. The smallest absolute Gasteiger partial charge is 0.254 e. The van der Waals surface area contributed by atoms with Gasteiger partial charge in [-0.15, -0.1) is 0 Å². The van der Waals surface area contributed by atoms with E-state index in [1.807, 2.05) is 28.6 Å². The lowest BCUT2D eigenvalue weighted by molar-refractivity contribution is -0.122. The van der Waals surface area contributed by atoms with Gasteiger partial charge in [0.25, 0.3) is 5.91 Å². The summed E-state index contributed by atoms with van der Waals surface area (Å²) >= 11 is 3.55. The third kappa shape index (κ3) is 4.49. The Balaban J connectivity index is 1.70. The summed E-state index contributed by atoms with van der Waals surface area (Å²) in [7, 11) is 0. The first-order valence-corrected chi connectivity index (χ1v) is 7.58. The van der Waals surface area contributed by atoms with E-state index < -0.39 is 0 Å². The first kappa shape index (κ1) is 12.6. The van der Waals surface area contributed by atoms with Crippen LogP contribution >= 0.6 is 23.1 Å². The van der Waals surface area contributed by atoms with E-state index in [1.54, 1.807) is 17.6 Å². The molecule has 1 amide bonds. The van der Waals surface area contributed by atoms with Crippen LogP contribution in [0.2, 0.25) is 0 Å². The number of hydrazone groups is 1. The van der Waals surface area contributed by atoms with E-state index in [4.69, 9.17) is 0 Å². The van der Waals surface area contributed by atoms with Crippen molar-refractivity contribution in [3.05, 3.63) is 22.4 Å². The van der Waals surface area contributed by atoms with Gasteiger partial charge in [0.1, 0.15) is 0 Å². The largest absolute Gasteiger partial charge is 0.293 e. The second-order valence-electron chi connectivity index (χ2n) is 3.74. The third-order valence-electron chi connectivity index (χ3n) is 2.42. The van der Waals surface area contributed by atoms with E-state index >= 15 is 0 Å². The molecule has 1 N–H and O–H groups in total. The molecule has 1 aromatic rings. The summed E-state index contributed by atoms with van der Waals surface area (Å²) in [6, 6.07) is 1.96. The predicted molar refractivity (Wildman–Crippen MR) is 73.8 cm³/mol. The lowest BCUT2D eigenvalue weighted by atomic mass is 10.4. The van der Waals surface area contributed by atoms with Gasteiger partial charge in [-0.2, -0.15) is 28.2 Å². The fourth-order valence-corrected chi connectivity index (χ4v) is 3.11. The molecule has 0 aromatic carbocycles. The first-order chi connectivity index (χ1) is 8.34. The molecule has 1 fully saturated rings. The summed E-state index contributed by atoms with van der Waals surface area (Å²) in [4.78, 5) is 13.7. The molecule has 0 bridgehead atoms. The lowest BCUT2D eigenvalue weighted by Crippen LogP contribution is -2.40. The maximum absolute atomic E-state index is 11.6. The highest BCUT2D eigenvalue weighted by Gasteiger charge is 2.13. The second-order valence-corrected chi connectivity index (χ2v) is 5.74. The Bertz CT molecular complexity index is 372. The fourth-order valence-electron chi connectivity index (χ4n) is 1.52. The average Bonchev–Trinajstić information content (AvgIpc) is 2.83. The summed E-state index contributed by atoms with van der Waals surface area (Å²) in [6.45, 7) is 2.43. The van der Waals surface area contributed by atoms with Crippen molar-refractivity contribution in [1.82, 2.24) is 10.3 Å². The van der Waals surface area contributed by atoms with E-state index in [-0.39, 0.29) is 5.91 Å². The zero-order valence-electron chi connectivity index (χ0n) is 9.46. The van der Waals surface area contributed by atoms with Crippen LogP contribution in [0.15, 0.2) is 21.9 Å². The van der Waals surface area contributed by atoms with Crippen molar-refractivity contribution in [3.8, 4) is 0 Å². The number of carbonyl (C=O) groups is 1. The molecule has 1 saturated heterocycles. The van der Waals surface area contributed by atoms with Crippen LogP contribution in [-0.2, 0) is 4.79 Å². The SMILES string of the molecule is O=C(CN1CCSCC1)N/N=C\c1ccsc1. The van der Waals surface area contributed by atoms with Crippen molar-refractivity contribution < 1.29 is 4.79 Å². The number of thiophene rings is 1. The van der Waals surface area contributed by atoms with Gasteiger partial charge in [0, 0.05) is 30.2 Å². The van der Waals surface area contributed by atoms with Gasteiger partial charge in [-0.05, 0) is 16.8 Å². The standard InChI is InChI=1S/C11H15N3OS2/c15-11(8-14-2-5-16-6-3-14)13-12-7-10-1-4-17-9-10/h1,4,7,9H,2-3,5-6,8H2,(H,13,15)/b12-7-. The minimum Gasteiger partial charge on any atom is -0.293 e. The minimum absolute atomic E-state index is 0.0385. The zero-order valence-corrected chi connectivity index (χ0v) is 11.1. The maximum Gasteiger partial charge on any atom is 0.254 e. The molecule has 92 valence electrons. The van der Waals surface area contributed by atoms with Gasteiger partial charge in [0.15, 0.2) is 0 Å². The molecule has 1 aliphatic heterocycles. The van der Waals surface area contributed by atoms with Crippen molar-refractivity contribution in [2.45, 2.75) is 0 Å². The highest BCUT2D eigenvalue weighted by Crippen LogP contribution is 2.08. The van der Waals surface area contributed by atoms with Crippen LogP contribution in [0.5, 0.6) is 0 Å². The molecule has 2 heterocycles. The summed E-state index contributed by atoms with van der Waals surface area (Å²) in [5.41, 5.74) is 3.57. The Morgan fingerprint density at radius 2 is 2.35 bits per heavy atom. The average molecular weight is 269 g/mol. The molecule has 6 heteroatoms. The second kappa shape index (κ2) is 6.78. The molecule has 0 saturated carbocycles. The molecule has 1 aromatic heterocycles. The normalized spacial score (nSPS) is 17.4. The number of amides is 1. The topological polar surface area (TPSA) is 44.7 Å². The summed E-state index contributed by atoms with van der Waals surface area (Å²) in [6.07, 6.45) is 1.67. The van der Waals surface area contributed by atoms with Crippen LogP contribution in [-0.4, -0.2) is 48.2 Å². The quantitative estimate of drug-likeness (QED) is 0.661. The highest BCUT2D eigenvalue weighted by molar-refractivity contribution is 7.99. The minimum atomic E-state index is -0.0385. The van der Waals surface area contributed by atoms with Crippen molar-refractivity contribution >= 4 is 35.2 Å². The van der Waals surface area contributed by atoms with E-state index in [0.717, 1.165) is 30.2 Å². The molecule has 2 rings (SSSR count).